The van der Waals surface area contributed by atoms with Crippen LogP contribution in [0.3, 0.4) is 0 Å². The molecule has 0 saturated carbocycles. The number of benzene rings is 1. The molecule has 0 aliphatic rings. The maximum absolute atomic E-state index is 13.5. The molecule has 0 aliphatic carbocycles. The third-order valence-electron chi connectivity index (χ3n) is 2.76. The van der Waals surface area contributed by atoms with Gasteiger partial charge in [-0.25, -0.2) is 4.39 Å². The van der Waals surface area contributed by atoms with Crippen molar-refractivity contribution in [1.29, 1.82) is 0 Å². The van der Waals surface area contributed by atoms with E-state index < -0.39 is 0 Å². The van der Waals surface area contributed by atoms with E-state index in [0.717, 1.165) is 22.5 Å². The van der Waals surface area contributed by atoms with Gasteiger partial charge in [-0.05, 0) is 46.9 Å². The topological polar surface area (TPSA) is 20.7 Å². The van der Waals surface area contributed by atoms with Crippen molar-refractivity contribution in [3.05, 3.63) is 27.2 Å². The number of imidazole rings is 1. The summed E-state index contributed by atoms with van der Waals surface area (Å²) in [5.41, 5.74) is 1.69. The van der Waals surface area contributed by atoms with Crippen LogP contribution in [0.2, 0.25) is 0 Å². The number of nitrogens with one attached hydrogen (secondary N) is 1. The van der Waals surface area contributed by atoms with E-state index in [-0.39, 0.29) is 11.9 Å². The van der Waals surface area contributed by atoms with Crippen LogP contribution in [0.1, 0.15) is 19.9 Å². The van der Waals surface area contributed by atoms with Crippen molar-refractivity contribution in [2.75, 3.05) is 11.5 Å². The van der Waals surface area contributed by atoms with Crippen LogP contribution in [0.5, 0.6) is 0 Å². The second-order valence-electron chi connectivity index (χ2n) is 4.09. The zero-order valence-electron chi connectivity index (χ0n) is 10.2. The predicted octanol–water partition coefficient (Wildman–Crippen LogP) is 4.91. The van der Waals surface area contributed by atoms with Gasteiger partial charge in [-0.3, -0.25) is 0 Å². The van der Waals surface area contributed by atoms with Crippen LogP contribution in [0.4, 0.5) is 4.39 Å². The number of H-pyrrole nitrogens is 1. The summed E-state index contributed by atoms with van der Waals surface area (Å²) in [6.45, 7) is 4.26. The Bertz CT molecular complexity index is 620. The minimum absolute atomic E-state index is 0.276. The Labute approximate surface area is 123 Å². The molecular weight excluding hydrogens is 335 g/mol. The van der Waals surface area contributed by atoms with Crippen LogP contribution >= 0.6 is 39.9 Å². The second kappa shape index (κ2) is 5.75. The first-order valence-corrected chi connectivity index (χ1v) is 8.07. The van der Waals surface area contributed by atoms with Crippen LogP contribution in [-0.4, -0.2) is 21.1 Å². The first-order valence-electron chi connectivity index (χ1n) is 5.71. The predicted molar refractivity (Wildman–Crippen MR) is 82.5 cm³/mol. The smallest absolute Gasteiger partial charge is 0.178 e. The van der Waals surface area contributed by atoms with E-state index in [1.54, 1.807) is 6.07 Å². The molecule has 0 bridgehead atoms. The molecular formula is C12H14BrFN2S2. The maximum Gasteiger partial charge on any atom is 0.178 e. The highest BCUT2D eigenvalue weighted by Gasteiger charge is 2.13. The molecule has 0 aliphatic heterocycles. The van der Waals surface area contributed by atoms with Gasteiger partial charge >= 0.3 is 0 Å². The van der Waals surface area contributed by atoms with E-state index in [4.69, 9.17) is 12.2 Å². The number of hydrogen-bond acceptors (Lipinski definition) is 2. The third kappa shape index (κ3) is 2.65. The minimum Gasteiger partial charge on any atom is -0.330 e. The molecule has 98 valence electrons. The Balaban J connectivity index is 2.53. The fourth-order valence-corrected chi connectivity index (χ4v) is 3.37. The van der Waals surface area contributed by atoms with Crippen molar-refractivity contribution >= 4 is 50.9 Å². The molecule has 1 atom stereocenters. The van der Waals surface area contributed by atoms with E-state index in [2.05, 4.69) is 39.3 Å². The molecule has 1 N–H and O–H groups in total. The van der Waals surface area contributed by atoms with Crippen molar-refractivity contribution in [3.8, 4) is 0 Å². The lowest BCUT2D eigenvalue weighted by molar-refractivity contribution is 0.615. The maximum atomic E-state index is 13.5. The molecule has 2 aromatic rings. The van der Waals surface area contributed by atoms with Gasteiger partial charge in [-0.1, -0.05) is 6.92 Å². The van der Waals surface area contributed by atoms with Crippen LogP contribution in [0.15, 0.2) is 16.6 Å². The van der Waals surface area contributed by atoms with E-state index in [9.17, 15) is 4.39 Å². The molecule has 0 amide bonds. The summed E-state index contributed by atoms with van der Waals surface area (Å²) >= 11 is 10.4. The Kier molecular flexibility index (Phi) is 4.50. The molecule has 2 rings (SSSR count). The summed E-state index contributed by atoms with van der Waals surface area (Å²) in [6, 6.07) is 3.55. The van der Waals surface area contributed by atoms with Crippen LogP contribution in [0, 0.1) is 10.6 Å². The molecule has 0 spiro atoms. The average molecular weight is 349 g/mol. The van der Waals surface area contributed by atoms with Crippen LogP contribution in [0.25, 0.3) is 11.0 Å². The molecule has 1 aromatic heterocycles. The molecule has 0 saturated heterocycles. The lowest BCUT2D eigenvalue weighted by atomic mass is 10.3. The molecule has 1 unspecified atom stereocenters. The summed E-state index contributed by atoms with van der Waals surface area (Å²) in [5.74, 6) is 1.80. The molecule has 18 heavy (non-hydrogen) atoms. The van der Waals surface area contributed by atoms with Crippen molar-refractivity contribution in [2.45, 2.75) is 19.9 Å². The van der Waals surface area contributed by atoms with Gasteiger partial charge in [0.15, 0.2) is 4.77 Å². The highest BCUT2D eigenvalue weighted by Crippen LogP contribution is 2.26. The number of rotatable bonds is 4. The Hall–Kier alpha value is -0.330. The Morgan fingerprint density at radius 2 is 2.28 bits per heavy atom. The highest BCUT2D eigenvalue weighted by atomic mass is 79.9. The number of halogens is 2. The van der Waals surface area contributed by atoms with E-state index in [1.807, 2.05) is 11.8 Å². The summed E-state index contributed by atoms with van der Waals surface area (Å²) < 4.78 is 16.6. The second-order valence-corrected chi connectivity index (χ2v) is 6.65. The van der Waals surface area contributed by atoms with Crippen molar-refractivity contribution in [1.82, 2.24) is 9.55 Å². The largest absolute Gasteiger partial charge is 0.330 e. The van der Waals surface area contributed by atoms with Crippen LogP contribution < -0.4 is 0 Å². The zero-order chi connectivity index (χ0) is 13.3. The normalized spacial score (nSPS) is 13.1. The number of aromatic nitrogens is 2. The van der Waals surface area contributed by atoms with Gasteiger partial charge < -0.3 is 9.55 Å². The van der Waals surface area contributed by atoms with Gasteiger partial charge in [0.1, 0.15) is 5.82 Å². The number of thioether (sulfide) groups is 1. The zero-order valence-corrected chi connectivity index (χ0v) is 13.4. The highest BCUT2D eigenvalue weighted by molar-refractivity contribution is 9.10. The average Bonchev–Trinajstić information content (AvgIpc) is 2.62. The van der Waals surface area contributed by atoms with Gasteiger partial charge in [0.2, 0.25) is 0 Å². The standard InChI is InChI=1S/C12H14BrFN2S2/c1-3-18-6-7(2)16-11-4-8(13)9(14)5-10(11)15-12(16)17/h4-5,7H,3,6H2,1-2H3,(H,15,17). The number of aromatic amines is 1. The SMILES string of the molecule is CCSCC(C)n1c(=S)[nH]c2cc(F)c(Br)cc21. The number of hydrogen-bond donors (Lipinski definition) is 1. The van der Waals surface area contributed by atoms with Gasteiger partial charge in [0.25, 0.3) is 0 Å². The number of nitrogens with zero attached hydrogens (tertiary/aromatic N) is 1. The van der Waals surface area contributed by atoms with Crippen molar-refractivity contribution < 1.29 is 4.39 Å². The first-order chi connectivity index (χ1) is 8.54. The fraction of sp³-hybridized carbons (Fsp3) is 0.417. The molecule has 0 fully saturated rings. The molecule has 0 radical (unpaired) electrons. The fourth-order valence-electron chi connectivity index (χ4n) is 1.92. The van der Waals surface area contributed by atoms with Gasteiger partial charge in [-0.15, -0.1) is 0 Å². The third-order valence-corrected chi connectivity index (χ3v) is 4.80. The van der Waals surface area contributed by atoms with Crippen molar-refractivity contribution in [2.24, 2.45) is 0 Å². The lowest BCUT2D eigenvalue weighted by Gasteiger charge is -2.13. The molecule has 1 aromatic carbocycles. The summed E-state index contributed by atoms with van der Waals surface area (Å²) in [4.78, 5) is 3.06. The van der Waals surface area contributed by atoms with Crippen LogP contribution in [-0.2, 0) is 0 Å². The lowest BCUT2D eigenvalue weighted by Crippen LogP contribution is -2.08. The molecule has 6 heteroatoms. The molecule has 2 nitrogen and oxygen atoms in total. The van der Waals surface area contributed by atoms with Crippen molar-refractivity contribution in [3.63, 3.8) is 0 Å². The van der Waals surface area contributed by atoms with E-state index in [0.29, 0.717) is 9.24 Å². The van der Waals surface area contributed by atoms with Gasteiger partial charge in [0.05, 0.1) is 15.5 Å². The summed E-state index contributed by atoms with van der Waals surface area (Å²) in [6.07, 6.45) is 0. The summed E-state index contributed by atoms with van der Waals surface area (Å²) in [5, 5.41) is 0. The molecule has 1 heterocycles. The van der Waals surface area contributed by atoms with E-state index in [1.165, 1.54) is 6.07 Å². The first kappa shape index (κ1) is 14.1. The van der Waals surface area contributed by atoms with Gasteiger partial charge in [0, 0.05) is 17.9 Å². The Morgan fingerprint density at radius 3 is 2.94 bits per heavy atom. The minimum atomic E-state index is -0.276. The number of fused-ring (bicyclic) bond motifs is 1. The van der Waals surface area contributed by atoms with E-state index >= 15 is 0 Å². The monoisotopic (exact) mass is 348 g/mol. The van der Waals surface area contributed by atoms with Gasteiger partial charge in [-0.2, -0.15) is 11.8 Å². The Morgan fingerprint density at radius 1 is 1.56 bits per heavy atom. The summed E-state index contributed by atoms with van der Waals surface area (Å²) in [7, 11) is 0. The quantitative estimate of drug-likeness (QED) is 0.792.